The molecule has 0 amide bonds. The number of nitrogens with zero attached hydrogens (tertiary/aromatic N) is 4. The summed E-state index contributed by atoms with van der Waals surface area (Å²) in [6.07, 6.45) is 6.57. The van der Waals surface area contributed by atoms with Gasteiger partial charge in [0.2, 0.25) is 0 Å². The average molecular weight is 643 g/mol. The van der Waals surface area contributed by atoms with Crippen molar-refractivity contribution in [1.29, 1.82) is 5.26 Å². The molecule has 0 spiro atoms. The van der Waals surface area contributed by atoms with Crippen LogP contribution >= 0.6 is 22.9 Å². The molecule has 0 fully saturated rings. The van der Waals surface area contributed by atoms with Crippen LogP contribution in [-0.4, -0.2) is 24.9 Å². The van der Waals surface area contributed by atoms with Crippen LogP contribution in [0.5, 0.6) is 0 Å². The van der Waals surface area contributed by atoms with Crippen molar-refractivity contribution in [2.75, 3.05) is 0 Å². The number of para-hydroxylation sites is 2. The zero-order chi connectivity index (χ0) is 31.5. The number of fused-ring (bicyclic) bond motifs is 4. The van der Waals surface area contributed by atoms with Gasteiger partial charge in [0, 0.05) is 62.3 Å². The standard InChI is InChI=1S/C39H23ClN6S/c40-32-16-22(15-24-10-12-35(46-39(24)32)31-19-44-38-25(17-41)5-2-8-29(31)38)14-23-4-1-7-28-30(18-43-37(23)28)34-13-11-26-27(36-20-42-21-47-36)6-3-9-33(26)45-34/h1-13,15-16,18-21,43-44H,14H2. The van der Waals surface area contributed by atoms with Gasteiger partial charge in [-0.15, -0.1) is 11.3 Å². The van der Waals surface area contributed by atoms with Crippen molar-refractivity contribution in [1.82, 2.24) is 24.9 Å². The summed E-state index contributed by atoms with van der Waals surface area (Å²) in [6.45, 7) is 0. The lowest BCUT2D eigenvalue weighted by atomic mass is 9.99. The number of thiazole rings is 1. The van der Waals surface area contributed by atoms with Gasteiger partial charge in [-0.05, 0) is 60.0 Å². The Morgan fingerprint density at radius 2 is 1.51 bits per heavy atom. The van der Waals surface area contributed by atoms with Crippen molar-refractivity contribution >= 4 is 66.5 Å². The molecule has 4 aromatic carbocycles. The number of aromatic amines is 2. The minimum Gasteiger partial charge on any atom is -0.360 e. The van der Waals surface area contributed by atoms with E-state index in [1.54, 1.807) is 11.3 Å². The normalized spacial score (nSPS) is 11.6. The Labute approximate surface area is 278 Å². The molecule has 8 heteroatoms. The highest BCUT2D eigenvalue weighted by atomic mass is 35.5. The fraction of sp³-hybridized carbons (Fsp3) is 0.0256. The Morgan fingerprint density at radius 3 is 2.34 bits per heavy atom. The van der Waals surface area contributed by atoms with E-state index in [1.165, 1.54) is 5.56 Å². The maximum Gasteiger partial charge on any atom is 0.101 e. The highest BCUT2D eigenvalue weighted by Gasteiger charge is 2.15. The van der Waals surface area contributed by atoms with Crippen molar-refractivity contribution < 1.29 is 0 Å². The van der Waals surface area contributed by atoms with Gasteiger partial charge in [-0.2, -0.15) is 5.26 Å². The second kappa shape index (κ2) is 10.9. The smallest absolute Gasteiger partial charge is 0.101 e. The lowest BCUT2D eigenvalue weighted by Gasteiger charge is -2.09. The number of benzene rings is 4. The van der Waals surface area contributed by atoms with E-state index in [4.69, 9.17) is 21.6 Å². The largest absolute Gasteiger partial charge is 0.360 e. The van der Waals surface area contributed by atoms with E-state index in [1.807, 2.05) is 48.2 Å². The first-order valence-electron chi connectivity index (χ1n) is 15.1. The molecule has 47 heavy (non-hydrogen) atoms. The minimum absolute atomic E-state index is 0.606. The lowest BCUT2D eigenvalue weighted by Crippen LogP contribution is -1.93. The first-order valence-corrected chi connectivity index (χ1v) is 16.4. The highest BCUT2D eigenvalue weighted by Crippen LogP contribution is 2.36. The maximum atomic E-state index is 9.50. The van der Waals surface area contributed by atoms with Crippen molar-refractivity contribution in [2.45, 2.75) is 6.42 Å². The molecule has 0 atom stereocenters. The number of hydrogen-bond donors (Lipinski definition) is 2. The van der Waals surface area contributed by atoms with Gasteiger partial charge < -0.3 is 9.97 Å². The van der Waals surface area contributed by atoms with Gasteiger partial charge >= 0.3 is 0 Å². The quantitative estimate of drug-likeness (QED) is 0.195. The van der Waals surface area contributed by atoms with Gasteiger partial charge in [0.25, 0.3) is 0 Å². The van der Waals surface area contributed by atoms with Crippen molar-refractivity contribution in [3.63, 3.8) is 0 Å². The van der Waals surface area contributed by atoms with Crippen LogP contribution in [0.15, 0.2) is 115 Å². The number of rotatable bonds is 5. The third-order valence-corrected chi connectivity index (χ3v) is 9.91. The molecule has 9 rings (SSSR count). The molecule has 0 aliphatic carbocycles. The molecule has 0 saturated carbocycles. The summed E-state index contributed by atoms with van der Waals surface area (Å²) < 4.78 is 0. The van der Waals surface area contributed by atoms with Gasteiger partial charge in [-0.1, -0.05) is 60.1 Å². The van der Waals surface area contributed by atoms with Gasteiger partial charge in [-0.3, -0.25) is 4.98 Å². The second-order valence-electron chi connectivity index (χ2n) is 11.5. The summed E-state index contributed by atoms with van der Waals surface area (Å²) in [7, 11) is 0. The summed E-state index contributed by atoms with van der Waals surface area (Å²) in [5, 5.41) is 14.3. The number of aromatic nitrogens is 5. The first-order chi connectivity index (χ1) is 23.1. The van der Waals surface area contributed by atoms with Crippen LogP contribution in [0.1, 0.15) is 16.7 Å². The zero-order valence-electron chi connectivity index (χ0n) is 24.8. The molecule has 2 N–H and O–H groups in total. The number of halogens is 1. The van der Waals surface area contributed by atoms with E-state index in [0.717, 1.165) is 82.1 Å². The van der Waals surface area contributed by atoms with Crippen molar-refractivity contribution in [3.8, 4) is 39.0 Å². The van der Waals surface area contributed by atoms with E-state index in [9.17, 15) is 5.26 Å². The van der Waals surface area contributed by atoms with Crippen LogP contribution < -0.4 is 0 Å². The van der Waals surface area contributed by atoms with E-state index < -0.39 is 0 Å². The summed E-state index contributed by atoms with van der Waals surface area (Å²) in [5.74, 6) is 0. The van der Waals surface area contributed by atoms with Gasteiger partial charge in [0.15, 0.2) is 0 Å². The van der Waals surface area contributed by atoms with Crippen LogP contribution in [0.25, 0.3) is 76.6 Å². The van der Waals surface area contributed by atoms with E-state index in [0.29, 0.717) is 17.0 Å². The molecule has 9 aromatic rings. The highest BCUT2D eigenvalue weighted by molar-refractivity contribution is 7.13. The van der Waals surface area contributed by atoms with E-state index >= 15 is 0 Å². The van der Waals surface area contributed by atoms with Gasteiger partial charge in [-0.25, -0.2) is 9.97 Å². The monoisotopic (exact) mass is 642 g/mol. The third-order valence-electron chi connectivity index (χ3n) is 8.82. The molecular formula is C39H23ClN6S. The zero-order valence-corrected chi connectivity index (χ0v) is 26.3. The van der Waals surface area contributed by atoms with Crippen LogP contribution in [-0.2, 0) is 6.42 Å². The fourth-order valence-corrected chi connectivity index (χ4v) is 7.58. The predicted octanol–water partition coefficient (Wildman–Crippen LogP) is 10.3. The topological polar surface area (TPSA) is 94.0 Å². The Bertz CT molecular complexity index is 2700. The molecule has 5 aromatic heterocycles. The predicted molar refractivity (Wildman–Crippen MR) is 192 cm³/mol. The van der Waals surface area contributed by atoms with E-state index in [2.05, 4.69) is 87.9 Å². The number of pyridine rings is 2. The first kappa shape index (κ1) is 27.5. The summed E-state index contributed by atoms with van der Waals surface area (Å²) >= 11 is 8.52. The van der Waals surface area contributed by atoms with Crippen molar-refractivity contribution in [3.05, 3.63) is 137 Å². The molecule has 0 saturated heterocycles. The third kappa shape index (κ3) is 4.58. The second-order valence-corrected chi connectivity index (χ2v) is 12.8. The molecule has 6 nitrogen and oxygen atoms in total. The Hall–Kier alpha value is -5.81. The average Bonchev–Trinajstić information content (AvgIpc) is 3.88. The maximum absolute atomic E-state index is 9.50. The van der Waals surface area contributed by atoms with Crippen LogP contribution in [0, 0.1) is 11.3 Å². The molecule has 0 aliphatic heterocycles. The summed E-state index contributed by atoms with van der Waals surface area (Å²) in [5.41, 5.74) is 13.2. The molecule has 0 radical (unpaired) electrons. The van der Waals surface area contributed by atoms with Gasteiger partial charge in [0.05, 0.1) is 48.9 Å². The molecule has 0 bridgehead atoms. The fourth-order valence-electron chi connectivity index (χ4n) is 6.63. The molecule has 0 aliphatic rings. The van der Waals surface area contributed by atoms with Crippen molar-refractivity contribution in [2.24, 2.45) is 0 Å². The number of nitriles is 1. The van der Waals surface area contributed by atoms with Crippen LogP contribution in [0.4, 0.5) is 0 Å². The number of nitrogens with one attached hydrogen (secondary N) is 2. The van der Waals surface area contributed by atoms with Gasteiger partial charge in [0.1, 0.15) is 6.07 Å². The Morgan fingerprint density at radius 1 is 0.745 bits per heavy atom. The SMILES string of the molecule is N#Cc1cccc2c(-c3ccc4cc(Cc5cccc6c(-c7ccc8c(-c9cncs9)cccc8n7)c[nH]c56)cc(Cl)c4n3)c[nH]c12. The van der Waals surface area contributed by atoms with Crippen LogP contribution in [0.2, 0.25) is 5.02 Å². The summed E-state index contributed by atoms with van der Waals surface area (Å²) in [6, 6.07) is 33.1. The molecule has 0 unspecified atom stereocenters. The lowest BCUT2D eigenvalue weighted by molar-refractivity contribution is 1.20. The molecule has 222 valence electrons. The molecule has 5 heterocycles. The minimum atomic E-state index is 0.606. The Kier molecular flexibility index (Phi) is 6.39. The summed E-state index contributed by atoms with van der Waals surface area (Å²) in [4.78, 5) is 22.2. The molecular weight excluding hydrogens is 620 g/mol. The van der Waals surface area contributed by atoms with E-state index in [-0.39, 0.29) is 0 Å². The Balaban J connectivity index is 1.05. The number of hydrogen-bond acceptors (Lipinski definition) is 5. The van der Waals surface area contributed by atoms with Crippen LogP contribution in [0.3, 0.4) is 0 Å². The number of H-pyrrole nitrogens is 2.